The van der Waals surface area contributed by atoms with Crippen molar-refractivity contribution in [2.45, 2.75) is 12.8 Å². The Morgan fingerprint density at radius 2 is 2.17 bits per heavy atom. The van der Waals surface area contributed by atoms with Gasteiger partial charge in [0, 0.05) is 14.1 Å². The van der Waals surface area contributed by atoms with Gasteiger partial charge in [-0.25, -0.2) is 10.6 Å². The molecule has 1 aromatic heterocycles. The number of nitrogens with zero attached hydrogens (tertiary/aromatic N) is 2. The van der Waals surface area contributed by atoms with E-state index in [4.69, 9.17) is 10.3 Å². The van der Waals surface area contributed by atoms with E-state index >= 15 is 0 Å². The van der Waals surface area contributed by atoms with Crippen LogP contribution in [-0.4, -0.2) is 22.5 Å². The van der Waals surface area contributed by atoms with Crippen LogP contribution in [0.1, 0.15) is 18.4 Å². The molecule has 2 rings (SSSR count). The zero-order valence-electron chi connectivity index (χ0n) is 10.5. The summed E-state index contributed by atoms with van der Waals surface area (Å²) in [7, 11) is 3.13. The number of oxazole rings is 1. The standard InChI is InChI=1S/C12H15N3O3/c1-7(11(16)15(3)13)8-4-5-10-9(6-8)14(2)12(17)18-10/h4-7H,13H2,1-3H3. The van der Waals surface area contributed by atoms with Gasteiger partial charge in [-0.15, -0.1) is 0 Å². The van der Waals surface area contributed by atoms with Gasteiger partial charge in [0.05, 0.1) is 11.4 Å². The molecule has 0 radical (unpaired) electrons. The van der Waals surface area contributed by atoms with Crippen molar-refractivity contribution in [1.29, 1.82) is 0 Å². The van der Waals surface area contributed by atoms with Crippen molar-refractivity contribution in [2.24, 2.45) is 12.9 Å². The summed E-state index contributed by atoms with van der Waals surface area (Å²) in [6.07, 6.45) is 0. The molecule has 0 spiro atoms. The minimum Gasteiger partial charge on any atom is -0.408 e. The second-order valence-electron chi connectivity index (χ2n) is 4.32. The van der Waals surface area contributed by atoms with E-state index in [-0.39, 0.29) is 11.8 Å². The molecular weight excluding hydrogens is 234 g/mol. The number of aromatic nitrogens is 1. The lowest BCUT2D eigenvalue weighted by Crippen LogP contribution is -2.36. The fourth-order valence-corrected chi connectivity index (χ4v) is 1.86. The number of amides is 1. The van der Waals surface area contributed by atoms with E-state index in [0.717, 1.165) is 10.6 Å². The lowest BCUT2D eigenvalue weighted by molar-refractivity contribution is -0.131. The van der Waals surface area contributed by atoms with Crippen LogP contribution in [-0.2, 0) is 11.8 Å². The summed E-state index contributed by atoms with van der Waals surface area (Å²) in [6, 6.07) is 5.22. The highest BCUT2D eigenvalue weighted by Gasteiger charge is 2.18. The van der Waals surface area contributed by atoms with E-state index in [1.165, 1.54) is 11.6 Å². The molecule has 0 bridgehead atoms. The van der Waals surface area contributed by atoms with Gasteiger partial charge < -0.3 is 4.42 Å². The minimum absolute atomic E-state index is 0.192. The topological polar surface area (TPSA) is 81.5 Å². The van der Waals surface area contributed by atoms with Crippen molar-refractivity contribution in [3.05, 3.63) is 34.3 Å². The number of likely N-dealkylation sites (N-methyl/N-ethyl adjacent to an activating group) is 1. The lowest BCUT2D eigenvalue weighted by Gasteiger charge is -2.16. The van der Waals surface area contributed by atoms with Gasteiger partial charge in [-0.3, -0.25) is 14.4 Å². The highest BCUT2D eigenvalue weighted by molar-refractivity contribution is 5.84. The third kappa shape index (κ3) is 1.91. The Kier molecular flexibility index (Phi) is 2.96. The van der Waals surface area contributed by atoms with Gasteiger partial charge in [0.2, 0.25) is 5.91 Å². The van der Waals surface area contributed by atoms with Crippen molar-refractivity contribution >= 4 is 17.0 Å². The average molecular weight is 249 g/mol. The van der Waals surface area contributed by atoms with Crippen molar-refractivity contribution in [2.75, 3.05) is 7.05 Å². The fourth-order valence-electron chi connectivity index (χ4n) is 1.86. The zero-order valence-corrected chi connectivity index (χ0v) is 10.5. The van der Waals surface area contributed by atoms with Gasteiger partial charge >= 0.3 is 5.76 Å². The lowest BCUT2D eigenvalue weighted by atomic mass is 10.00. The van der Waals surface area contributed by atoms with Crippen LogP contribution in [0, 0.1) is 0 Å². The predicted molar refractivity (Wildman–Crippen MR) is 66.8 cm³/mol. The van der Waals surface area contributed by atoms with Crippen LogP contribution in [0.3, 0.4) is 0 Å². The summed E-state index contributed by atoms with van der Waals surface area (Å²) in [5.41, 5.74) is 1.96. The number of hydrazine groups is 1. The molecule has 2 N–H and O–H groups in total. The molecule has 0 saturated carbocycles. The number of fused-ring (bicyclic) bond motifs is 1. The molecule has 0 aliphatic heterocycles. The Morgan fingerprint density at radius 3 is 2.78 bits per heavy atom. The molecule has 0 aliphatic rings. The first-order valence-corrected chi connectivity index (χ1v) is 5.53. The smallest absolute Gasteiger partial charge is 0.408 e. The van der Waals surface area contributed by atoms with Crippen LogP contribution < -0.4 is 11.6 Å². The first-order valence-electron chi connectivity index (χ1n) is 5.53. The highest BCUT2D eigenvalue weighted by atomic mass is 16.4. The summed E-state index contributed by atoms with van der Waals surface area (Å²) in [6.45, 7) is 1.77. The highest BCUT2D eigenvalue weighted by Crippen LogP contribution is 2.21. The van der Waals surface area contributed by atoms with Crippen molar-refractivity contribution < 1.29 is 9.21 Å². The maximum Gasteiger partial charge on any atom is 0.419 e. The molecule has 96 valence electrons. The summed E-state index contributed by atoms with van der Waals surface area (Å²) in [5.74, 6) is 4.45. The predicted octanol–water partition coefficient (Wildman–Crippen LogP) is 0.567. The first-order chi connectivity index (χ1) is 8.41. The summed E-state index contributed by atoms with van der Waals surface area (Å²) < 4.78 is 6.43. The molecule has 6 heteroatoms. The van der Waals surface area contributed by atoms with Gasteiger partial charge in [0.25, 0.3) is 0 Å². The Morgan fingerprint density at radius 1 is 1.50 bits per heavy atom. The van der Waals surface area contributed by atoms with Crippen molar-refractivity contribution in [3.63, 3.8) is 0 Å². The molecule has 1 atom stereocenters. The number of hydrogen-bond acceptors (Lipinski definition) is 4. The minimum atomic E-state index is -0.419. The average Bonchev–Trinajstić information content (AvgIpc) is 2.63. The van der Waals surface area contributed by atoms with Crippen LogP contribution in [0.25, 0.3) is 11.1 Å². The van der Waals surface area contributed by atoms with Crippen molar-refractivity contribution in [1.82, 2.24) is 9.58 Å². The largest absolute Gasteiger partial charge is 0.419 e. The number of hydrogen-bond donors (Lipinski definition) is 1. The monoisotopic (exact) mass is 249 g/mol. The van der Waals surface area contributed by atoms with Gasteiger partial charge in [0.1, 0.15) is 0 Å². The van der Waals surface area contributed by atoms with E-state index < -0.39 is 5.76 Å². The molecule has 1 heterocycles. The molecule has 1 amide bonds. The second-order valence-corrected chi connectivity index (χ2v) is 4.32. The number of rotatable bonds is 2. The first kappa shape index (κ1) is 12.4. The van der Waals surface area contributed by atoms with Gasteiger partial charge in [-0.1, -0.05) is 6.07 Å². The zero-order chi connectivity index (χ0) is 13.4. The van der Waals surface area contributed by atoms with Crippen LogP contribution in [0.4, 0.5) is 0 Å². The number of benzene rings is 1. The second kappa shape index (κ2) is 4.30. The molecular formula is C12H15N3O3. The molecule has 18 heavy (non-hydrogen) atoms. The Hall–Kier alpha value is -2.08. The molecule has 2 aromatic rings. The quantitative estimate of drug-likeness (QED) is 0.479. The third-order valence-corrected chi connectivity index (χ3v) is 3.03. The van der Waals surface area contributed by atoms with Crippen LogP contribution in [0.2, 0.25) is 0 Å². The van der Waals surface area contributed by atoms with E-state index in [1.54, 1.807) is 32.2 Å². The van der Waals surface area contributed by atoms with Crippen LogP contribution >= 0.6 is 0 Å². The maximum atomic E-state index is 11.8. The fraction of sp³-hybridized carbons (Fsp3) is 0.333. The third-order valence-electron chi connectivity index (χ3n) is 3.03. The number of nitrogens with two attached hydrogens (primary N) is 1. The summed E-state index contributed by atoms with van der Waals surface area (Å²) >= 11 is 0. The van der Waals surface area contributed by atoms with E-state index in [9.17, 15) is 9.59 Å². The molecule has 0 saturated heterocycles. The normalized spacial score (nSPS) is 12.7. The Balaban J connectivity index is 2.50. The van der Waals surface area contributed by atoms with Gasteiger partial charge in [-0.2, -0.15) is 0 Å². The van der Waals surface area contributed by atoms with E-state index in [2.05, 4.69) is 0 Å². The number of aryl methyl sites for hydroxylation is 1. The molecule has 6 nitrogen and oxygen atoms in total. The molecule has 1 unspecified atom stereocenters. The van der Waals surface area contributed by atoms with Crippen molar-refractivity contribution in [3.8, 4) is 0 Å². The summed E-state index contributed by atoms with van der Waals surface area (Å²) in [5, 5.41) is 1.06. The van der Waals surface area contributed by atoms with Gasteiger partial charge in [0.15, 0.2) is 5.58 Å². The molecule has 0 fully saturated rings. The van der Waals surface area contributed by atoms with E-state index in [1.807, 2.05) is 0 Å². The maximum absolute atomic E-state index is 11.8. The Labute approximate surface area is 104 Å². The molecule has 1 aromatic carbocycles. The Bertz CT molecular complexity index is 654. The van der Waals surface area contributed by atoms with Gasteiger partial charge in [-0.05, 0) is 24.6 Å². The molecule has 0 aliphatic carbocycles. The number of carbonyl (C=O) groups is 1. The van der Waals surface area contributed by atoms with Crippen LogP contribution in [0.5, 0.6) is 0 Å². The number of carbonyl (C=O) groups excluding carboxylic acids is 1. The van der Waals surface area contributed by atoms with E-state index in [0.29, 0.717) is 11.1 Å². The summed E-state index contributed by atoms with van der Waals surface area (Å²) in [4.78, 5) is 23.1. The SMILES string of the molecule is CC(C(=O)N(C)N)c1ccc2oc(=O)n(C)c2c1. The van der Waals surface area contributed by atoms with Crippen LogP contribution in [0.15, 0.2) is 27.4 Å².